The summed E-state index contributed by atoms with van der Waals surface area (Å²) in [4.78, 5) is 36.2. The molecule has 0 spiro atoms. The summed E-state index contributed by atoms with van der Waals surface area (Å²) in [6, 6.07) is 8.13. The zero-order valence-corrected chi connectivity index (χ0v) is 16.3. The summed E-state index contributed by atoms with van der Waals surface area (Å²) in [5, 5.41) is 20.3. The van der Waals surface area contributed by atoms with Crippen LogP contribution in [0.4, 0.5) is 0 Å². The fourth-order valence-corrected chi connectivity index (χ4v) is 2.76. The van der Waals surface area contributed by atoms with Crippen molar-refractivity contribution in [2.75, 3.05) is 0 Å². The summed E-state index contributed by atoms with van der Waals surface area (Å²) in [7, 11) is 0. The first-order valence-corrected chi connectivity index (χ1v) is 9.11. The predicted molar refractivity (Wildman–Crippen MR) is 100 cm³/mol. The minimum atomic E-state index is -1.16. The van der Waals surface area contributed by atoms with Gasteiger partial charge in [-0.15, -0.1) is 0 Å². The van der Waals surface area contributed by atoms with E-state index in [4.69, 9.17) is 15.2 Å². The molecule has 0 aliphatic carbocycles. The highest BCUT2D eigenvalue weighted by Gasteiger charge is 2.31. The summed E-state index contributed by atoms with van der Waals surface area (Å²) in [6.45, 7) is 5.59. The van der Waals surface area contributed by atoms with E-state index in [1.807, 2.05) is 44.2 Å². The molecule has 0 fully saturated rings. The first-order valence-electron chi connectivity index (χ1n) is 9.11. The monoisotopic (exact) mass is 395 g/mol. The molecule has 5 N–H and O–H groups in total. The molecule has 0 saturated carbocycles. The standard InChI is InChI=1S/C19H29N3O6/c1-12(2)9-15(10-16(23)21-26)18(24)20-17(19(25)22-27)13(3)28-11-14-7-5-4-6-8-14/h4-8,12-13,15,17,26-27H,9-11H2,1-3H3,(H,20,24)(H,21,23)(H,22,25). The van der Waals surface area contributed by atoms with Gasteiger partial charge in [-0.25, -0.2) is 11.0 Å². The molecule has 0 heterocycles. The average Bonchev–Trinajstić information content (AvgIpc) is 2.69. The van der Waals surface area contributed by atoms with Gasteiger partial charge in [0.25, 0.3) is 5.91 Å². The van der Waals surface area contributed by atoms with E-state index in [-0.39, 0.29) is 18.9 Å². The number of benzene rings is 1. The van der Waals surface area contributed by atoms with Crippen molar-refractivity contribution in [2.24, 2.45) is 11.8 Å². The first-order chi connectivity index (χ1) is 13.3. The number of nitrogens with one attached hydrogen (secondary N) is 3. The third-order valence-electron chi connectivity index (χ3n) is 4.20. The Morgan fingerprint density at radius 3 is 2.18 bits per heavy atom. The second-order valence-corrected chi connectivity index (χ2v) is 7.03. The van der Waals surface area contributed by atoms with Gasteiger partial charge in [-0.1, -0.05) is 44.2 Å². The van der Waals surface area contributed by atoms with Crippen LogP contribution in [-0.2, 0) is 25.7 Å². The van der Waals surface area contributed by atoms with Gasteiger partial charge in [0, 0.05) is 12.3 Å². The summed E-state index contributed by atoms with van der Waals surface area (Å²) in [5.41, 5.74) is 3.93. The van der Waals surface area contributed by atoms with E-state index in [0.717, 1.165) is 5.56 Å². The number of amides is 3. The van der Waals surface area contributed by atoms with Crippen LogP contribution in [0.25, 0.3) is 0 Å². The van der Waals surface area contributed by atoms with Crippen LogP contribution < -0.4 is 16.3 Å². The zero-order chi connectivity index (χ0) is 21.1. The van der Waals surface area contributed by atoms with Crippen LogP contribution in [-0.4, -0.2) is 40.3 Å². The summed E-state index contributed by atoms with van der Waals surface area (Å²) >= 11 is 0. The van der Waals surface area contributed by atoms with Crippen LogP contribution in [0, 0.1) is 11.8 Å². The molecule has 0 aliphatic rings. The lowest BCUT2D eigenvalue weighted by atomic mass is 9.92. The van der Waals surface area contributed by atoms with Crippen molar-refractivity contribution in [2.45, 2.75) is 52.4 Å². The Morgan fingerprint density at radius 2 is 1.64 bits per heavy atom. The largest absolute Gasteiger partial charge is 0.371 e. The second kappa shape index (κ2) is 12.1. The van der Waals surface area contributed by atoms with Crippen LogP contribution in [0.15, 0.2) is 30.3 Å². The molecule has 3 amide bonds. The molecule has 1 aromatic rings. The van der Waals surface area contributed by atoms with Crippen LogP contribution in [0.3, 0.4) is 0 Å². The normalized spacial score (nSPS) is 14.1. The van der Waals surface area contributed by atoms with E-state index in [0.29, 0.717) is 6.42 Å². The number of hydrogen-bond acceptors (Lipinski definition) is 6. The van der Waals surface area contributed by atoms with Crippen molar-refractivity contribution in [3.05, 3.63) is 35.9 Å². The molecule has 0 aliphatic heterocycles. The Kier molecular flexibility index (Phi) is 10.1. The van der Waals surface area contributed by atoms with Gasteiger partial charge in [0.05, 0.1) is 12.7 Å². The molecule has 0 aromatic heterocycles. The Hall–Kier alpha value is -2.49. The molecule has 1 aromatic carbocycles. The van der Waals surface area contributed by atoms with Gasteiger partial charge in [-0.05, 0) is 24.8 Å². The van der Waals surface area contributed by atoms with E-state index >= 15 is 0 Å². The highest BCUT2D eigenvalue weighted by Crippen LogP contribution is 2.17. The molecular weight excluding hydrogens is 366 g/mol. The van der Waals surface area contributed by atoms with Crippen LogP contribution in [0.1, 0.15) is 39.2 Å². The summed E-state index contributed by atoms with van der Waals surface area (Å²) in [6.07, 6.45) is -0.596. The number of ether oxygens (including phenoxy) is 1. The molecule has 9 nitrogen and oxygen atoms in total. The highest BCUT2D eigenvalue weighted by atomic mass is 16.5. The third-order valence-corrected chi connectivity index (χ3v) is 4.20. The van der Waals surface area contributed by atoms with Crippen LogP contribution in [0.2, 0.25) is 0 Å². The van der Waals surface area contributed by atoms with Gasteiger partial charge in [0.1, 0.15) is 6.04 Å². The second-order valence-electron chi connectivity index (χ2n) is 7.03. The molecule has 1 rings (SSSR count). The van der Waals surface area contributed by atoms with Gasteiger partial charge in [0.15, 0.2) is 0 Å². The molecular formula is C19H29N3O6. The van der Waals surface area contributed by atoms with Crippen molar-refractivity contribution in [1.82, 2.24) is 16.3 Å². The number of rotatable bonds is 11. The summed E-state index contributed by atoms with van der Waals surface area (Å²) in [5.74, 6) is -2.70. The van der Waals surface area contributed by atoms with Crippen molar-refractivity contribution < 1.29 is 29.5 Å². The van der Waals surface area contributed by atoms with Gasteiger partial charge >= 0.3 is 0 Å². The lowest BCUT2D eigenvalue weighted by Crippen LogP contribution is -2.54. The van der Waals surface area contributed by atoms with Crippen molar-refractivity contribution in [3.63, 3.8) is 0 Å². The quantitative estimate of drug-likeness (QED) is 0.281. The maximum atomic E-state index is 12.6. The van der Waals surface area contributed by atoms with Gasteiger partial charge in [0.2, 0.25) is 11.8 Å². The number of carbonyl (C=O) groups excluding carboxylic acids is 3. The molecule has 0 radical (unpaired) electrons. The minimum Gasteiger partial charge on any atom is -0.371 e. The first kappa shape index (κ1) is 23.5. The SMILES string of the molecule is CC(C)CC(CC(=O)NO)C(=O)NC(C(=O)NO)C(C)OCc1ccccc1. The average molecular weight is 395 g/mol. The number of hydroxylamine groups is 2. The maximum Gasteiger partial charge on any atom is 0.268 e. The molecule has 28 heavy (non-hydrogen) atoms. The van der Waals surface area contributed by atoms with E-state index in [1.54, 1.807) is 6.92 Å². The molecule has 9 heteroatoms. The van der Waals surface area contributed by atoms with Crippen molar-refractivity contribution >= 4 is 17.7 Å². The molecule has 3 unspecified atom stereocenters. The Balaban J connectivity index is 2.82. The maximum absolute atomic E-state index is 12.6. The lowest BCUT2D eigenvalue weighted by Gasteiger charge is -2.26. The van der Waals surface area contributed by atoms with Gasteiger partial charge in [-0.2, -0.15) is 0 Å². The van der Waals surface area contributed by atoms with Crippen molar-refractivity contribution in [1.29, 1.82) is 0 Å². The Morgan fingerprint density at radius 1 is 1.00 bits per heavy atom. The van der Waals surface area contributed by atoms with E-state index in [9.17, 15) is 14.4 Å². The lowest BCUT2D eigenvalue weighted by molar-refractivity contribution is -0.141. The van der Waals surface area contributed by atoms with Gasteiger partial charge in [-0.3, -0.25) is 24.8 Å². The smallest absolute Gasteiger partial charge is 0.268 e. The van der Waals surface area contributed by atoms with Crippen molar-refractivity contribution in [3.8, 4) is 0 Å². The van der Waals surface area contributed by atoms with E-state index in [1.165, 1.54) is 11.0 Å². The predicted octanol–water partition coefficient (Wildman–Crippen LogP) is 1.14. The Labute approximate surface area is 164 Å². The van der Waals surface area contributed by atoms with E-state index in [2.05, 4.69) is 5.32 Å². The minimum absolute atomic E-state index is 0.110. The highest BCUT2D eigenvalue weighted by molar-refractivity contribution is 5.90. The Bertz CT molecular complexity index is 638. The number of hydrogen-bond donors (Lipinski definition) is 5. The van der Waals surface area contributed by atoms with Crippen LogP contribution >= 0.6 is 0 Å². The molecule has 0 bridgehead atoms. The van der Waals surface area contributed by atoms with Gasteiger partial charge < -0.3 is 10.1 Å². The van der Waals surface area contributed by atoms with E-state index < -0.39 is 35.8 Å². The zero-order valence-electron chi connectivity index (χ0n) is 16.3. The molecule has 0 saturated heterocycles. The topological polar surface area (TPSA) is 137 Å². The summed E-state index contributed by atoms with van der Waals surface area (Å²) < 4.78 is 5.67. The van der Waals surface area contributed by atoms with Crippen LogP contribution in [0.5, 0.6) is 0 Å². The third kappa shape index (κ3) is 8.03. The fourth-order valence-electron chi connectivity index (χ4n) is 2.76. The fraction of sp³-hybridized carbons (Fsp3) is 0.526. The molecule has 3 atom stereocenters. The molecule has 156 valence electrons. The number of carbonyl (C=O) groups is 3.